The van der Waals surface area contributed by atoms with Crippen LogP contribution < -0.4 is 10.2 Å². The van der Waals surface area contributed by atoms with E-state index in [4.69, 9.17) is 0 Å². The molecule has 0 bridgehead atoms. The molecular formula is C25H20FN5O2. The number of benzene rings is 2. The highest BCUT2D eigenvalue weighted by atomic mass is 19.1. The Labute approximate surface area is 190 Å². The maximum absolute atomic E-state index is 13.7. The average Bonchev–Trinajstić information content (AvgIpc) is 2.88. The summed E-state index contributed by atoms with van der Waals surface area (Å²) < 4.78 is 13.7. The first-order chi connectivity index (χ1) is 16.1. The van der Waals surface area contributed by atoms with Gasteiger partial charge >= 0.3 is 0 Å². The number of hydrogen-bond donors (Lipinski definition) is 1. The monoisotopic (exact) mass is 441 g/mol. The Morgan fingerprint density at radius 1 is 0.879 bits per heavy atom. The van der Waals surface area contributed by atoms with Gasteiger partial charge in [-0.2, -0.15) is 0 Å². The van der Waals surface area contributed by atoms with E-state index in [9.17, 15) is 14.0 Å². The summed E-state index contributed by atoms with van der Waals surface area (Å²) in [7, 11) is 0. The van der Waals surface area contributed by atoms with Crippen molar-refractivity contribution in [2.24, 2.45) is 0 Å². The zero-order valence-electron chi connectivity index (χ0n) is 17.5. The first kappa shape index (κ1) is 21.8. The molecule has 1 N–H and O–H groups in total. The molecule has 2 heterocycles. The van der Waals surface area contributed by atoms with Crippen molar-refractivity contribution in [1.29, 1.82) is 0 Å². The molecule has 0 unspecified atom stereocenters. The fraction of sp³-hybridized carbons (Fsp3) is 0.0800. The Morgan fingerprint density at radius 2 is 1.64 bits per heavy atom. The number of nitrogens with zero attached hydrogens (tertiary/aromatic N) is 4. The van der Waals surface area contributed by atoms with Crippen molar-refractivity contribution in [2.75, 3.05) is 4.90 Å². The zero-order valence-corrected chi connectivity index (χ0v) is 17.5. The molecule has 2 aromatic heterocycles. The highest BCUT2D eigenvalue weighted by Gasteiger charge is 2.34. The lowest BCUT2D eigenvalue weighted by Crippen LogP contribution is -2.44. The largest absolute Gasteiger partial charge is 0.350 e. The molecule has 4 aromatic rings. The summed E-state index contributed by atoms with van der Waals surface area (Å²) >= 11 is 0. The van der Waals surface area contributed by atoms with Gasteiger partial charge in [0.15, 0.2) is 0 Å². The van der Waals surface area contributed by atoms with Crippen molar-refractivity contribution in [2.45, 2.75) is 12.6 Å². The van der Waals surface area contributed by atoms with Crippen LogP contribution in [0.5, 0.6) is 0 Å². The Kier molecular flexibility index (Phi) is 6.75. The molecule has 0 aliphatic heterocycles. The van der Waals surface area contributed by atoms with E-state index in [1.54, 1.807) is 18.3 Å². The minimum absolute atomic E-state index is 0.0478. The van der Waals surface area contributed by atoms with E-state index in [1.807, 2.05) is 30.3 Å². The first-order valence-corrected chi connectivity index (χ1v) is 10.2. The number of nitrogens with one attached hydrogen (secondary N) is 1. The highest BCUT2D eigenvalue weighted by Crippen LogP contribution is 2.29. The zero-order chi connectivity index (χ0) is 23.0. The van der Waals surface area contributed by atoms with Gasteiger partial charge in [0, 0.05) is 42.6 Å². The van der Waals surface area contributed by atoms with Crippen molar-refractivity contribution < 1.29 is 14.0 Å². The standard InChI is InChI=1S/C25H20FN5O2/c26-20-8-10-21(11-9-20)31(25(33)22-17-28-13-14-29-22)23(19-7-4-12-27-16-19)24(32)30-15-18-5-2-1-3-6-18/h1-14,16-17,23H,15H2,(H,30,32)/t23-/m0/s1. The molecule has 8 heteroatoms. The SMILES string of the molecule is O=C(NCc1ccccc1)[C@H](c1cccnc1)N(C(=O)c1cnccn1)c1ccc(F)cc1. The number of amides is 2. The molecule has 0 radical (unpaired) electrons. The number of anilines is 1. The molecule has 0 aliphatic rings. The van der Waals surface area contributed by atoms with Crippen molar-refractivity contribution in [3.8, 4) is 0 Å². The van der Waals surface area contributed by atoms with Gasteiger partial charge in [0.05, 0.1) is 6.20 Å². The molecule has 4 rings (SSSR count). The predicted molar refractivity (Wildman–Crippen MR) is 121 cm³/mol. The molecule has 33 heavy (non-hydrogen) atoms. The molecule has 1 atom stereocenters. The minimum Gasteiger partial charge on any atom is -0.350 e. The third-order valence-electron chi connectivity index (χ3n) is 4.92. The van der Waals surface area contributed by atoms with Gasteiger partial charge in [-0.15, -0.1) is 0 Å². The Balaban J connectivity index is 1.76. The Bertz CT molecular complexity index is 1210. The van der Waals surface area contributed by atoms with Crippen LogP contribution in [0.3, 0.4) is 0 Å². The quantitative estimate of drug-likeness (QED) is 0.472. The van der Waals surface area contributed by atoms with E-state index in [-0.39, 0.29) is 12.2 Å². The molecule has 2 aromatic carbocycles. The number of aromatic nitrogens is 3. The summed E-state index contributed by atoms with van der Waals surface area (Å²) in [5.41, 5.74) is 1.77. The van der Waals surface area contributed by atoms with Gasteiger partial charge in [-0.05, 0) is 35.9 Å². The van der Waals surface area contributed by atoms with E-state index < -0.39 is 23.7 Å². The van der Waals surface area contributed by atoms with Crippen LogP contribution in [0.15, 0.2) is 97.7 Å². The van der Waals surface area contributed by atoms with E-state index >= 15 is 0 Å². The van der Waals surface area contributed by atoms with Gasteiger partial charge in [-0.25, -0.2) is 9.37 Å². The van der Waals surface area contributed by atoms with Crippen LogP contribution in [0.2, 0.25) is 0 Å². The number of carbonyl (C=O) groups excluding carboxylic acids is 2. The van der Waals surface area contributed by atoms with Crippen molar-refractivity contribution >= 4 is 17.5 Å². The molecule has 0 fully saturated rings. The van der Waals surface area contributed by atoms with Crippen LogP contribution in [0, 0.1) is 5.82 Å². The van der Waals surface area contributed by atoms with Crippen LogP contribution in [-0.2, 0) is 11.3 Å². The minimum atomic E-state index is -1.08. The smallest absolute Gasteiger partial charge is 0.279 e. The van der Waals surface area contributed by atoms with E-state index in [0.29, 0.717) is 11.3 Å². The molecule has 7 nitrogen and oxygen atoms in total. The van der Waals surface area contributed by atoms with Crippen molar-refractivity contribution in [3.63, 3.8) is 0 Å². The van der Waals surface area contributed by atoms with Gasteiger partial charge in [-0.1, -0.05) is 36.4 Å². The second-order valence-electron chi connectivity index (χ2n) is 7.13. The van der Waals surface area contributed by atoms with Crippen LogP contribution >= 0.6 is 0 Å². The van der Waals surface area contributed by atoms with Gasteiger partial charge in [-0.3, -0.25) is 24.5 Å². The van der Waals surface area contributed by atoms with Gasteiger partial charge in [0.2, 0.25) is 5.91 Å². The number of halogens is 1. The molecule has 0 aliphatic carbocycles. The van der Waals surface area contributed by atoms with Crippen molar-refractivity contribution in [3.05, 3.63) is 120 Å². The maximum Gasteiger partial charge on any atom is 0.279 e. The summed E-state index contributed by atoms with van der Waals surface area (Å²) in [6.45, 7) is 0.271. The van der Waals surface area contributed by atoms with E-state index in [0.717, 1.165) is 5.56 Å². The fourth-order valence-corrected chi connectivity index (χ4v) is 3.36. The average molecular weight is 441 g/mol. The number of carbonyl (C=O) groups is 2. The Morgan fingerprint density at radius 3 is 2.30 bits per heavy atom. The summed E-state index contributed by atoms with van der Waals surface area (Å²) in [6, 6.07) is 17.1. The fourth-order valence-electron chi connectivity index (χ4n) is 3.36. The normalized spacial score (nSPS) is 11.4. The molecular weight excluding hydrogens is 421 g/mol. The van der Waals surface area contributed by atoms with Crippen LogP contribution in [0.25, 0.3) is 0 Å². The molecule has 0 spiro atoms. The van der Waals surface area contributed by atoms with Crippen LogP contribution in [0.1, 0.15) is 27.7 Å². The summed E-state index contributed by atoms with van der Waals surface area (Å²) in [5.74, 6) is -1.44. The summed E-state index contributed by atoms with van der Waals surface area (Å²) in [4.78, 5) is 40.5. The van der Waals surface area contributed by atoms with E-state index in [1.165, 1.54) is 54.0 Å². The van der Waals surface area contributed by atoms with Gasteiger partial charge < -0.3 is 5.32 Å². The van der Waals surface area contributed by atoms with Gasteiger partial charge in [0.25, 0.3) is 5.91 Å². The topological polar surface area (TPSA) is 88.1 Å². The lowest BCUT2D eigenvalue weighted by Gasteiger charge is -2.31. The molecule has 0 saturated heterocycles. The first-order valence-electron chi connectivity index (χ1n) is 10.2. The number of hydrogen-bond acceptors (Lipinski definition) is 5. The maximum atomic E-state index is 13.7. The lowest BCUT2D eigenvalue weighted by atomic mass is 10.0. The van der Waals surface area contributed by atoms with Crippen LogP contribution in [0.4, 0.5) is 10.1 Å². The molecule has 2 amide bonds. The summed E-state index contributed by atoms with van der Waals surface area (Å²) in [5, 5.41) is 2.89. The molecule has 0 saturated carbocycles. The highest BCUT2D eigenvalue weighted by molar-refractivity contribution is 6.08. The lowest BCUT2D eigenvalue weighted by molar-refractivity contribution is -0.122. The number of rotatable bonds is 7. The van der Waals surface area contributed by atoms with Crippen LogP contribution in [-0.4, -0.2) is 26.8 Å². The summed E-state index contributed by atoms with van der Waals surface area (Å²) in [6.07, 6.45) is 7.26. The number of pyridine rings is 1. The second-order valence-corrected chi connectivity index (χ2v) is 7.13. The third-order valence-corrected chi connectivity index (χ3v) is 4.92. The van der Waals surface area contributed by atoms with E-state index in [2.05, 4.69) is 20.3 Å². The Hall–Kier alpha value is -4.46. The third kappa shape index (κ3) is 5.24. The second kappa shape index (κ2) is 10.2. The van der Waals surface area contributed by atoms with Gasteiger partial charge in [0.1, 0.15) is 17.6 Å². The predicted octanol–water partition coefficient (Wildman–Crippen LogP) is 3.72. The molecule has 164 valence electrons. The van der Waals surface area contributed by atoms with Crippen molar-refractivity contribution in [1.82, 2.24) is 20.3 Å².